The Hall–Kier alpha value is -3.12. The molecular formula is C20H17ClN4O2. The number of hydrogen-bond acceptors (Lipinski definition) is 5. The van der Waals surface area contributed by atoms with Gasteiger partial charge in [0.25, 0.3) is 5.89 Å². The van der Waals surface area contributed by atoms with E-state index in [2.05, 4.69) is 15.2 Å². The molecule has 27 heavy (non-hydrogen) atoms. The Kier molecular flexibility index (Phi) is 4.64. The van der Waals surface area contributed by atoms with E-state index in [0.717, 1.165) is 27.5 Å². The van der Waals surface area contributed by atoms with Crippen molar-refractivity contribution in [1.82, 2.24) is 19.9 Å². The minimum absolute atomic E-state index is 0.264. The summed E-state index contributed by atoms with van der Waals surface area (Å²) in [5.74, 6) is 1.64. The Morgan fingerprint density at radius 1 is 1.07 bits per heavy atom. The van der Waals surface area contributed by atoms with Gasteiger partial charge >= 0.3 is 0 Å². The largest absolute Gasteiger partial charge is 0.471 e. The fourth-order valence-electron chi connectivity index (χ4n) is 2.71. The lowest BCUT2D eigenvalue weighted by Crippen LogP contribution is -2.06. The summed E-state index contributed by atoms with van der Waals surface area (Å²) in [5.41, 5.74) is 3.44. The molecule has 0 saturated heterocycles. The highest BCUT2D eigenvalue weighted by Gasteiger charge is 2.13. The lowest BCUT2D eigenvalue weighted by molar-refractivity contribution is 0.221. The zero-order chi connectivity index (χ0) is 18.8. The maximum Gasteiger partial charge on any atom is 0.278 e. The second-order valence-corrected chi connectivity index (χ2v) is 6.55. The molecule has 0 aliphatic rings. The molecule has 0 aliphatic heterocycles. The van der Waals surface area contributed by atoms with E-state index in [1.165, 1.54) is 0 Å². The van der Waals surface area contributed by atoms with Crippen LogP contribution in [-0.4, -0.2) is 19.9 Å². The van der Waals surface area contributed by atoms with Gasteiger partial charge in [0.15, 0.2) is 12.4 Å². The van der Waals surface area contributed by atoms with E-state index in [9.17, 15) is 0 Å². The van der Waals surface area contributed by atoms with E-state index in [1.54, 1.807) is 10.9 Å². The lowest BCUT2D eigenvalue weighted by atomic mass is 10.1. The molecule has 0 saturated carbocycles. The van der Waals surface area contributed by atoms with Gasteiger partial charge in [-0.05, 0) is 43.2 Å². The van der Waals surface area contributed by atoms with E-state index in [0.29, 0.717) is 17.4 Å². The van der Waals surface area contributed by atoms with Gasteiger partial charge in [0.2, 0.25) is 5.82 Å². The molecule has 0 amide bonds. The first-order valence-corrected chi connectivity index (χ1v) is 8.80. The number of halogens is 1. The van der Waals surface area contributed by atoms with Crippen LogP contribution in [0.5, 0.6) is 5.75 Å². The van der Waals surface area contributed by atoms with Crippen LogP contribution in [0.25, 0.3) is 23.0 Å². The summed E-state index contributed by atoms with van der Waals surface area (Å²) < 4.78 is 12.8. The van der Waals surface area contributed by atoms with Gasteiger partial charge in [0.05, 0.1) is 0 Å². The molecule has 0 N–H and O–H groups in total. The van der Waals surface area contributed by atoms with Crippen LogP contribution in [0.2, 0.25) is 5.02 Å². The van der Waals surface area contributed by atoms with Gasteiger partial charge in [-0.15, -0.1) is 0 Å². The molecule has 7 heteroatoms. The smallest absolute Gasteiger partial charge is 0.278 e. The first-order chi connectivity index (χ1) is 13.1. The second kappa shape index (κ2) is 7.25. The molecular weight excluding hydrogens is 364 g/mol. The standard InChI is InChI=1S/C20H17ClN4O2/c1-13-10-16(11-14(2)18(13)21)26-12-25-9-8-17(23-25)20-22-19(24-27-20)15-6-4-3-5-7-15/h3-11H,12H2,1-2H3. The average molecular weight is 381 g/mol. The van der Waals surface area contributed by atoms with Crippen LogP contribution in [0, 0.1) is 13.8 Å². The summed E-state index contributed by atoms with van der Waals surface area (Å²) in [4.78, 5) is 4.41. The predicted molar refractivity (Wildman–Crippen MR) is 103 cm³/mol. The van der Waals surface area contributed by atoms with Crippen LogP contribution in [0.1, 0.15) is 11.1 Å². The van der Waals surface area contributed by atoms with Gasteiger partial charge in [0, 0.05) is 16.8 Å². The minimum atomic E-state index is 0.264. The monoisotopic (exact) mass is 380 g/mol. The average Bonchev–Trinajstić information content (AvgIpc) is 3.34. The van der Waals surface area contributed by atoms with Crippen molar-refractivity contribution in [2.45, 2.75) is 20.6 Å². The highest BCUT2D eigenvalue weighted by Crippen LogP contribution is 2.26. The van der Waals surface area contributed by atoms with E-state index in [-0.39, 0.29) is 6.73 Å². The number of ether oxygens (including phenoxy) is 1. The van der Waals surface area contributed by atoms with Crippen molar-refractivity contribution in [2.75, 3.05) is 0 Å². The minimum Gasteiger partial charge on any atom is -0.471 e. The molecule has 136 valence electrons. The van der Waals surface area contributed by atoms with Gasteiger partial charge in [0.1, 0.15) is 5.75 Å². The Labute approximate surface area is 161 Å². The van der Waals surface area contributed by atoms with Crippen LogP contribution in [0.15, 0.2) is 59.3 Å². The van der Waals surface area contributed by atoms with Crippen LogP contribution in [-0.2, 0) is 6.73 Å². The zero-order valence-corrected chi connectivity index (χ0v) is 15.6. The summed E-state index contributed by atoms with van der Waals surface area (Å²) in [6, 6.07) is 15.3. The zero-order valence-electron chi connectivity index (χ0n) is 14.9. The molecule has 0 spiro atoms. The highest BCUT2D eigenvalue weighted by molar-refractivity contribution is 6.32. The van der Waals surface area contributed by atoms with Crippen LogP contribution in [0.3, 0.4) is 0 Å². The SMILES string of the molecule is Cc1cc(OCn2ccc(-c3nc(-c4ccccc4)no3)n2)cc(C)c1Cl. The number of aromatic nitrogens is 4. The molecule has 2 aromatic heterocycles. The van der Waals surface area contributed by atoms with Crippen molar-refractivity contribution in [2.24, 2.45) is 0 Å². The lowest BCUT2D eigenvalue weighted by Gasteiger charge is -2.09. The number of benzene rings is 2. The van der Waals surface area contributed by atoms with Crippen LogP contribution < -0.4 is 4.74 Å². The van der Waals surface area contributed by atoms with Crippen molar-refractivity contribution in [3.63, 3.8) is 0 Å². The molecule has 0 atom stereocenters. The second-order valence-electron chi connectivity index (χ2n) is 6.17. The Bertz CT molecular complexity index is 1050. The van der Waals surface area contributed by atoms with Crippen molar-refractivity contribution in [1.29, 1.82) is 0 Å². The normalized spacial score (nSPS) is 10.9. The fraction of sp³-hybridized carbons (Fsp3) is 0.150. The highest BCUT2D eigenvalue weighted by atomic mass is 35.5. The quantitative estimate of drug-likeness (QED) is 0.492. The molecule has 4 aromatic rings. The Balaban J connectivity index is 1.47. The van der Waals surface area contributed by atoms with Gasteiger partial charge < -0.3 is 9.26 Å². The topological polar surface area (TPSA) is 66.0 Å². The number of nitrogens with zero attached hydrogens (tertiary/aromatic N) is 4. The molecule has 2 heterocycles. The first kappa shape index (κ1) is 17.3. The van der Waals surface area contributed by atoms with Crippen molar-refractivity contribution >= 4 is 11.6 Å². The van der Waals surface area contributed by atoms with Gasteiger partial charge in [-0.25, -0.2) is 4.68 Å². The van der Waals surface area contributed by atoms with E-state index < -0.39 is 0 Å². The van der Waals surface area contributed by atoms with E-state index in [4.69, 9.17) is 20.9 Å². The Morgan fingerprint density at radius 2 is 1.81 bits per heavy atom. The van der Waals surface area contributed by atoms with E-state index in [1.807, 2.05) is 62.4 Å². The maximum absolute atomic E-state index is 6.19. The molecule has 0 radical (unpaired) electrons. The van der Waals surface area contributed by atoms with Gasteiger partial charge in [-0.2, -0.15) is 10.1 Å². The molecule has 0 bridgehead atoms. The summed E-state index contributed by atoms with van der Waals surface area (Å²) in [5, 5.41) is 9.21. The van der Waals surface area contributed by atoms with Gasteiger partial charge in [-0.3, -0.25) is 0 Å². The third kappa shape index (κ3) is 3.71. The van der Waals surface area contributed by atoms with Crippen LogP contribution >= 0.6 is 11.6 Å². The summed E-state index contributed by atoms with van der Waals surface area (Å²) in [6.07, 6.45) is 1.80. The van der Waals surface area contributed by atoms with E-state index >= 15 is 0 Å². The molecule has 0 aliphatic carbocycles. The van der Waals surface area contributed by atoms with Gasteiger partial charge in [-0.1, -0.05) is 47.1 Å². The number of hydrogen-bond donors (Lipinski definition) is 0. The maximum atomic E-state index is 6.19. The molecule has 0 unspecified atom stereocenters. The van der Waals surface area contributed by atoms with Crippen molar-refractivity contribution in [3.8, 4) is 28.7 Å². The van der Waals surface area contributed by atoms with Crippen LogP contribution in [0.4, 0.5) is 0 Å². The molecule has 6 nitrogen and oxygen atoms in total. The summed E-state index contributed by atoms with van der Waals surface area (Å²) in [7, 11) is 0. The predicted octanol–water partition coefficient (Wildman–Crippen LogP) is 4.91. The molecule has 0 fully saturated rings. The van der Waals surface area contributed by atoms with Crippen molar-refractivity contribution in [3.05, 3.63) is 70.9 Å². The van der Waals surface area contributed by atoms with Crippen molar-refractivity contribution < 1.29 is 9.26 Å². The fourth-order valence-corrected chi connectivity index (χ4v) is 2.82. The Morgan fingerprint density at radius 3 is 2.56 bits per heavy atom. The first-order valence-electron chi connectivity index (χ1n) is 8.42. The molecule has 2 aromatic carbocycles. The summed E-state index contributed by atoms with van der Waals surface area (Å²) in [6.45, 7) is 4.17. The third-order valence-corrected chi connectivity index (χ3v) is 4.69. The molecule has 4 rings (SSSR count). The number of aryl methyl sites for hydroxylation is 2. The summed E-state index contributed by atoms with van der Waals surface area (Å²) >= 11 is 6.19. The number of rotatable bonds is 5. The third-order valence-electron chi connectivity index (χ3n) is 4.09.